The van der Waals surface area contributed by atoms with Crippen molar-refractivity contribution in [2.45, 2.75) is 66.1 Å². The molecule has 0 nitrogen and oxygen atoms in total. The molecule has 0 saturated heterocycles. The molecule has 0 heterocycles. The molecule has 0 N–H and O–H groups in total. The van der Waals surface area contributed by atoms with Gasteiger partial charge in [0.25, 0.3) is 0 Å². The van der Waals surface area contributed by atoms with Crippen LogP contribution in [0.5, 0.6) is 0 Å². The van der Waals surface area contributed by atoms with Gasteiger partial charge in [0.05, 0.1) is 0 Å². The second kappa shape index (κ2) is 4.48. The standard InChI is InChI=1S/C17H26/c1-12-10-16(11-13(2)14(12)3)15-6-8-17(4,5)9-7-15/h10-11,15H,6-9H2,1-5H3/i1D3,2D3,15D. The van der Waals surface area contributed by atoms with Gasteiger partial charge in [-0.2, -0.15) is 0 Å². The van der Waals surface area contributed by atoms with E-state index in [1.807, 2.05) is 0 Å². The Balaban J connectivity index is 2.59. The molecule has 0 atom stereocenters. The summed E-state index contributed by atoms with van der Waals surface area (Å²) in [6.45, 7) is 1.12. The highest BCUT2D eigenvalue weighted by Crippen LogP contribution is 2.42. The molecule has 0 bridgehead atoms. The summed E-state index contributed by atoms with van der Waals surface area (Å²) in [5, 5.41) is 0. The van der Waals surface area contributed by atoms with E-state index >= 15 is 0 Å². The smallest absolute Gasteiger partial charge is 0.0352 e. The highest BCUT2D eigenvalue weighted by molar-refractivity contribution is 5.38. The van der Waals surface area contributed by atoms with Crippen molar-refractivity contribution in [3.05, 3.63) is 34.4 Å². The van der Waals surface area contributed by atoms with Gasteiger partial charge in [0.2, 0.25) is 0 Å². The minimum atomic E-state index is -2.38. The molecule has 0 radical (unpaired) electrons. The van der Waals surface area contributed by atoms with Crippen molar-refractivity contribution < 1.29 is 9.60 Å². The van der Waals surface area contributed by atoms with Crippen molar-refractivity contribution in [2.75, 3.05) is 0 Å². The van der Waals surface area contributed by atoms with Crippen LogP contribution in [0.1, 0.15) is 77.3 Å². The van der Waals surface area contributed by atoms with E-state index in [1.54, 1.807) is 19.1 Å². The van der Waals surface area contributed by atoms with Crippen molar-refractivity contribution >= 4 is 0 Å². The summed E-state index contributed by atoms with van der Waals surface area (Å²) in [7, 11) is 0. The number of hydrogen-bond donors (Lipinski definition) is 0. The zero-order valence-corrected chi connectivity index (χ0v) is 11.0. The van der Waals surface area contributed by atoms with Gasteiger partial charge in [-0.1, -0.05) is 26.0 Å². The second-order valence-electron chi connectivity index (χ2n) is 5.96. The quantitative estimate of drug-likeness (QED) is 0.622. The van der Waals surface area contributed by atoms with Gasteiger partial charge in [-0.05, 0) is 79.9 Å². The number of benzene rings is 1. The van der Waals surface area contributed by atoms with E-state index in [-0.39, 0.29) is 16.5 Å². The summed E-state index contributed by atoms with van der Waals surface area (Å²) in [5.41, 5.74) is 1.11. The molecule has 0 heteroatoms. The van der Waals surface area contributed by atoms with Gasteiger partial charge in [-0.15, -0.1) is 0 Å². The maximum atomic E-state index is 8.84. The largest absolute Gasteiger partial charge is 0.0599 e. The first-order chi connectivity index (χ1) is 10.7. The number of rotatable bonds is 1. The second-order valence-corrected chi connectivity index (χ2v) is 5.96. The van der Waals surface area contributed by atoms with Crippen LogP contribution < -0.4 is 0 Å². The first-order valence-electron chi connectivity index (χ1n) is 9.82. The van der Waals surface area contributed by atoms with Crippen LogP contribution in [0.15, 0.2) is 12.1 Å². The van der Waals surface area contributed by atoms with Gasteiger partial charge in [-0.25, -0.2) is 0 Å². The molecule has 1 aromatic carbocycles. The maximum absolute atomic E-state index is 8.84. The van der Waals surface area contributed by atoms with Crippen LogP contribution >= 0.6 is 0 Å². The average molecular weight is 237 g/mol. The molecule has 0 aromatic heterocycles. The molecule has 1 aliphatic carbocycles. The van der Waals surface area contributed by atoms with Gasteiger partial charge < -0.3 is 0 Å². The first kappa shape index (κ1) is 6.41. The number of aryl methyl sites for hydroxylation is 2. The molecule has 2 rings (SSSR count). The zero-order valence-electron chi connectivity index (χ0n) is 18.0. The topological polar surface area (TPSA) is 0 Å². The highest BCUT2D eigenvalue weighted by Gasteiger charge is 2.27. The van der Waals surface area contributed by atoms with Gasteiger partial charge in [0, 0.05) is 9.60 Å². The Labute approximate surface area is 116 Å². The summed E-state index contributed by atoms with van der Waals surface area (Å²) in [6, 6.07) is 3.09. The van der Waals surface area contributed by atoms with Crippen LogP contribution in [0, 0.1) is 26.0 Å². The summed E-state index contributed by atoms with van der Waals surface area (Å²) in [4.78, 5) is 0. The first-order valence-corrected chi connectivity index (χ1v) is 6.32. The van der Waals surface area contributed by atoms with Crippen molar-refractivity contribution in [1.82, 2.24) is 0 Å². The zero-order chi connectivity index (χ0) is 18.6. The average Bonchev–Trinajstić information content (AvgIpc) is 2.40. The van der Waals surface area contributed by atoms with Gasteiger partial charge >= 0.3 is 0 Å². The van der Waals surface area contributed by atoms with E-state index in [4.69, 9.17) is 9.60 Å². The maximum Gasteiger partial charge on any atom is 0.0352 e. The van der Waals surface area contributed by atoms with Crippen LogP contribution in [0.3, 0.4) is 0 Å². The van der Waals surface area contributed by atoms with E-state index in [1.165, 1.54) is 0 Å². The van der Waals surface area contributed by atoms with Crippen LogP contribution in [0.25, 0.3) is 0 Å². The minimum absolute atomic E-state index is 0.0579. The Morgan fingerprint density at radius 2 is 1.71 bits per heavy atom. The van der Waals surface area contributed by atoms with Crippen LogP contribution in [-0.2, 0) is 0 Å². The van der Waals surface area contributed by atoms with Gasteiger partial charge in [0.15, 0.2) is 0 Å². The van der Waals surface area contributed by atoms with E-state index < -0.39 is 19.6 Å². The Morgan fingerprint density at radius 1 is 1.18 bits per heavy atom. The Morgan fingerprint density at radius 3 is 2.18 bits per heavy atom. The lowest BCUT2D eigenvalue weighted by Crippen LogP contribution is -2.20. The lowest BCUT2D eigenvalue weighted by molar-refractivity contribution is 0.224. The molecule has 0 amide bonds. The molecule has 1 aliphatic rings. The third kappa shape index (κ3) is 2.73. The van der Waals surface area contributed by atoms with Crippen molar-refractivity contribution in [2.24, 2.45) is 5.41 Å². The van der Waals surface area contributed by atoms with E-state index in [9.17, 15) is 0 Å². The summed E-state index contributed by atoms with van der Waals surface area (Å²) in [6.07, 6.45) is 2.97. The SMILES string of the molecule is [2H]C([2H])([2H])c1cc(C2([2H])CCC(C)(C)CC2)cc(C([2H])([2H])[2H])c1C. The van der Waals surface area contributed by atoms with E-state index in [0.29, 0.717) is 24.0 Å². The molecular weight excluding hydrogens is 204 g/mol. The molecule has 1 aromatic rings. The fourth-order valence-electron chi connectivity index (χ4n) is 2.44. The lowest BCUT2D eigenvalue weighted by atomic mass is 9.71. The van der Waals surface area contributed by atoms with Crippen LogP contribution in [0.4, 0.5) is 0 Å². The monoisotopic (exact) mass is 237 g/mol. The molecule has 0 unspecified atom stereocenters. The van der Waals surface area contributed by atoms with Crippen molar-refractivity contribution in [3.63, 3.8) is 0 Å². The Hall–Kier alpha value is -0.780. The van der Waals surface area contributed by atoms with Crippen molar-refractivity contribution in [1.29, 1.82) is 0 Å². The Bertz CT molecular complexity index is 578. The number of hydrogen-bond acceptors (Lipinski definition) is 0. The summed E-state index contributed by atoms with van der Waals surface area (Å²) in [5.74, 6) is -0.913. The fraction of sp³-hybridized carbons (Fsp3) is 0.647. The summed E-state index contributed by atoms with van der Waals surface area (Å²) >= 11 is 0. The highest BCUT2D eigenvalue weighted by atomic mass is 14.3. The normalized spacial score (nSPS) is 29.9. The van der Waals surface area contributed by atoms with Crippen molar-refractivity contribution in [3.8, 4) is 0 Å². The molecule has 94 valence electrons. The predicted octanol–water partition coefficient (Wildman–Crippen LogP) is 5.30. The van der Waals surface area contributed by atoms with Gasteiger partial charge in [0.1, 0.15) is 0 Å². The predicted molar refractivity (Wildman–Crippen MR) is 75.6 cm³/mol. The van der Waals surface area contributed by atoms with E-state index in [2.05, 4.69) is 13.8 Å². The third-order valence-electron chi connectivity index (χ3n) is 4.02. The molecule has 0 aliphatic heterocycles. The van der Waals surface area contributed by atoms with Gasteiger partial charge in [-0.3, -0.25) is 0 Å². The van der Waals surface area contributed by atoms with E-state index in [0.717, 1.165) is 12.8 Å². The van der Waals surface area contributed by atoms with Crippen LogP contribution in [-0.4, -0.2) is 0 Å². The fourth-order valence-corrected chi connectivity index (χ4v) is 2.44. The minimum Gasteiger partial charge on any atom is -0.0599 e. The lowest BCUT2D eigenvalue weighted by Gasteiger charge is -2.34. The Kier molecular flexibility index (Phi) is 1.69. The molecule has 17 heavy (non-hydrogen) atoms. The van der Waals surface area contributed by atoms with Crippen LogP contribution in [0.2, 0.25) is 0 Å². The molecule has 1 fully saturated rings. The molecule has 1 saturated carbocycles. The third-order valence-corrected chi connectivity index (χ3v) is 4.02. The molecule has 0 spiro atoms. The summed E-state index contributed by atoms with van der Waals surface area (Å²) < 4.78 is 55.3. The molecular formula is C17H26.